The van der Waals surface area contributed by atoms with Gasteiger partial charge in [-0.3, -0.25) is 9.89 Å². The number of aromatic amines is 1. The lowest BCUT2D eigenvalue weighted by atomic mass is 10.1. The average Bonchev–Trinajstić information content (AvgIpc) is 3.22. The minimum Gasteiger partial charge on any atom is -0.497 e. The van der Waals surface area contributed by atoms with Gasteiger partial charge in [-0.25, -0.2) is 0 Å². The lowest BCUT2D eigenvalue weighted by Crippen LogP contribution is -2.30. The third-order valence-corrected chi connectivity index (χ3v) is 4.10. The summed E-state index contributed by atoms with van der Waals surface area (Å²) < 4.78 is 10.6. The highest BCUT2D eigenvalue weighted by molar-refractivity contribution is 5.93. The van der Waals surface area contributed by atoms with Gasteiger partial charge in [0.1, 0.15) is 17.5 Å². The van der Waals surface area contributed by atoms with Crippen LogP contribution in [0.4, 0.5) is 0 Å². The molecule has 2 atom stereocenters. The molecule has 3 rings (SSSR count). The van der Waals surface area contributed by atoms with Gasteiger partial charge in [0.15, 0.2) is 0 Å². The molecule has 0 bridgehead atoms. The Labute approximate surface area is 140 Å². The zero-order valence-corrected chi connectivity index (χ0v) is 13.7. The standard InChI is InChI=1S/C17H21N3O4/c1-3-24-16-10-20(9-15(16)21)17(22)14-8-13(18-19-14)11-4-6-12(23-2)7-5-11/h4-8,15-16,21H,3,9-10H2,1-2H3,(H,18,19). The van der Waals surface area contributed by atoms with Gasteiger partial charge >= 0.3 is 0 Å². The molecule has 2 heterocycles. The first-order valence-electron chi connectivity index (χ1n) is 7.91. The monoisotopic (exact) mass is 331 g/mol. The Hall–Kier alpha value is -2.38. The fraction of sp³-hybridized carbons (Fsp3) is 0.412. The summed E-state index contributed by atoms with van der Waals surface area (Å²) in [5, 5.41) is 16.9. The van der Waals surface area contributed by atoms with E-state index in [-0.39, 0.29) is 18.6 Å². The number of carbonyl (C=O) groups is 1. The molecule has 0 spiro atoms. The third kappa shape index (κ3) is 3.27. The number of ether oxygens (including phenoxy) is 2. The van der Waals surface area contributed by atoms with Crippen molar-refractivity contribution < 1.29 is 19.4 Å². The van der Waals surface area contributed by atoms with Crippen LogP contribution in [-0.2, 0) is 4.74 Å². The number of hydrogen-bond acceptors (Lipinski definition) is 5. The Kier molecular flexibility index (Phi) is 4.82. The van der Waals surface area contributed by atoms with Gasteiger partial charge in [0, 0.05) is 25.3 Å². The zero-order valence-electron chi connectivity index (χ0n) is 13.7. The number of aromatic nitrogens is 2. The highest BCUT2D eigenvalue weighted by atomic mass is 16.5. The van der Waals surface area contributed by atoms with Crippen LogP contribution >= 0.6 is 0 Å². The van der Waals surface area contributed by atoms with Crippen molar-refractivity contribution in [2.24, 2.45) is 0 Å². The largest absolute Gasteiger partial charge is 0.497 e. The van der Waals surface area contributed by atoms with E-state index in [2.05, 4.69) is 10.2 Å². The van der Waals surface area contributed by atoms with E-state index in [4.69, 9.17) is 9.47 Å². The molecule has 1 saturated heterocycles. The van der Waals surface area contributed by atoms with Crippen molar-refractivity contribution in [3.63, 3.8) is 0 Å². The quantitative estimate of drug-likeness (QED) is 0.862. The molecule has 128 valence electrons. The maximum absolute atomic E-state index is 12.6. The number of hydrogen-bond donors (Lipinski definition) is 2. The fourth-order valence-corrected chi connectivity index (χ4v) is 2.81. The summed E-state index contributed by atoms with van der Waals surface area (Å²) in [7, 11) is 1.61. The molecule has 1 amide bonds. The predicted molar refractivity (Wildman–Crippen MR) is 87.9 cm³/mol. The highest BCUT2D eigenvalue weighted by Gasteiger charge is 2.35. The van der Waals surface area contributed by atoms with Crippen molar-refractivity contribution in [3.8, 4) is 17.0 Å². The molecule has 7 heteroatoms. The predicted octanol–water partition coefficient (Wildman–Crippen LogP) is 1.31. The summed E-state index contributed by atoms with van der Waals surface area (Å²) in [5.41, 5.74) is 1.96. The van der Waals surface area contributed by atoms with E-state index in [9.17, 15) is 9.90 Å². The summed E-state index contributed by atoms with van der Waals surface area (Å²) in [6.07, 6.45) is -0.985. The van der Waals surface area contributed by atoms with E-state index in [1.807, 2.05) is 31.2 Å². The molecule has 1 aliphatic rings. The molecule has 7 nitrogen and oxygen atoms in total. The molecule has 0 saturated carbocycles. The first-order chi connectivity index (χ1) is 11.6. The lowest BCUT2D eigenvalue weighted by Gasteiger charge is -2.14. The molecule has 1 aromatic carbocycles. The molecule has 24 heavy (non-hydrogen) atoms. The fourth-order valence-electron chi connectivity index (χ4n) is 2.81. The van der Waals surface area contributed by atoms with Gasteiger partial charge < -0.3 is 19.5 Å². The molecule has 1 aliphatic heterocycles. The molecule has 2 aromatic rings. The van der Waals surface area contributed by atoms with Crippen LogP contribution < -0.4 is 4.74 Å². The van der Waals surface area contributed by atoms with E-state index < -0.39 is 6.10 Å². The topological polar surface area (TPSA) is 87.7 Å². The highest BCUT2D eigenvalue weighted by Crippen LogP contribution is 2.22. The second-order valence-corrected chi connectivity index (χ2v) is 5.67. The Balaban J connectivity index is 1.72. The molecule has 1 fully saturated rings. The van der Waals surface area contributed by atoms with Crippen molar-refractivity contribution >= 4 is 5.91 Å². The van der Waals surface area contributed by atoms with Crippen LogP contribution in [0.5, 0.6) is 5.75 Å². The van der Waals surface area contributed by atoms with E-state index in [0.29, 0.717) is 24.5 Å². The van der Waals surface area contributed by atoms with E-state index in [1.54, 1.807) is 18.1 Å². The van der Waals surface area contributed by atoms with Crippen molar-refractivity contribution in [2.45, 2.75) is 19.1 Å². The number of likely N-dealkylation sites (tertiary alicyclic amines) is 1. The number of amides is 1. The number of aliphatic hydroxyl groups excluding tert-OH is 1. The number of methoxy groups -OCH3 is 1. The molecule has 0 radical (unpaired) electrons. The van der Waals surface area contributed by atoms with Crippen molar-refractivity contribution in [1.82, 2.24) is 15.1 Å². The van der Waals surface area contributed by atoms with Crippen LogP contribution in [0.25, 0.3) is 11.3 Å². The van der Waals surface area contributed by atoms with Gasteiger partial charge in [0.2, 0.25) is 0 Å². The van der Waals surface area contributed by atoms with Gasteiger partial charge in [0.05, 0.1) is 18.9 Å². The Morgan fingerprint density at radius 2 is 2.12 bits per heavy atom. The number of aliphatic hydroxyl groups is 1. The smallest absolute Gasteiger partial charge is 0.272 e. The number of benzene rings is 1. The van der Waals surface area contributed by atoms with E-state index in [0.717, 1.165) is 11.3 Å². The molecule has 1 aromatic heterocycles. The van der Waals surface area contributed by atoms with Crippen LogP contribution in [0.1, 0.15) is 17.4 Å². The van der Waals surface area contributed by atoms with Crippen molar-refractivity contribution in [2.75, 3.05) is 26.8 Å². The first-order valence-corrected chi connectivity index (χ1v) is 7.91. The Morgan fingerprint density at radius 3 is 2.79 bits per heavy atom. The third-order valence-electron chi connectivity index (χ3n) is 4.10. The summed E-state index contributed by atoms with van der Waals surface area (Å²) in [4.78, 5) is 14.1. The minimum atomic E-state index is -0.655. The number of nitrogens with one attached hydrogen (secondary N) is 1. The summed E-state index contributed by atoms with van der Waals surface area (Å²) >= 11 is 0. The van der Waals surface area contributed by atoms with E-state index in [1.165, 1.54) is 0 Å². The van der Waals surface area contributed by atoms with Crippen LogP contribution in [0.15, 0.2) is 30.3 Å². The van der Waals surface area contributed by atoms with Gasteiger partial charge in [0.25, 0.3) is 5.91 Å². The van der Waals surface area contributed by atoms with Crippen LogP contribution in [0.2, 0.25) is 0 Å². The molecule has 2 N–H and O–H groups in total. The minimum absolute atomic E-state index is 0.191. The summed E-state index contributed by atoms with van der Waals surface area (Å²) in [6.45, 7) is 3.02. The number of carbonyl (C=O) groups excluding carboxylic acids is 1. The van der Waals surface area contributed by atoms with Gasteiger partial charge in [-0.1, -0.05) is 0 Å². The van der Waals surface area contributed by atoms with Gasteiger partial charge in [-0.15, -0.1) is 0 Å². The normalized spacial score (nSPS) is 20.4. The molecular formula is C17H21N3O4. The Bertz CT molecular complexity index is 698. The van der Waals surface area contributed by atoms with Gasteiger partial charge in [-0.05, 0) is 37.3 Å². The summed E-state index contributed by atoms with van der Waals surface area (Å²) in [5.74, 6) is 0.571. The number of β-amino-alcohol motifs (C(OH)–C–C–N with tert-alkyl or cyclic N) is 1. The first kappa shape index (κ1) is 16.5. The second-order valence-electron chi connectivity index (χ2n) is 5.67. The SMILES string of the molecule is CCOC1CN(C(=O)c2cc(-c3ccc(OC)cc3)n[nH]2)CC1O. The average molecular weight is 331 g/mol. The zero-order chi connectivity index (χ0) is 17.1. The molecule has 2 unspecified atom stereocenters. The van der Waals surface area contributed by atoms with Crippen LogP contribution in [0, 0.1) is 0 Å². The van der Waals surface area contributed by atoms with Crippen LogP contribution in [0.3, 0.4) is 0 Å². The molecule has 0 aliphatic carbocycles. The number of nitrogens with zero attached hydrogens (tertiary/aromatic N) is 2. The van der Waals surface area contributed by atoms with Crippen LogP contribution in [-0.4, -0.2) is 65.1 Å². The Morgan fingerprint density at radius 1 is 1.38 bits per heavy atom. The second kappa shape index (κ2) is 7.02. The van der Waals surface area contributed by atoms with E-state index >= 15 is 0 Å². The maximum Gasteiger partial charge on any atom is 0.272 e. The lowest BCUT2D eigenvalue weighted by molar-refractivity contribution is -0.00237. The van der Waals surface area contributed by atoms with Crippen molar-refractivity contribution in [1.29, 1.82) is 0 Å². The molecular weight excluding hydrogens is 310 g/mol. The summed E-state index contributed by atoms with van der Waals surface area (Å²) in [6, 6.07) is 9.16. The number of rotatable bonds is 5. The number of H-pyrrole nitrogens is 1. The van der Waals surface area contributed by atoms with Gasteiger partial charge in [-0.2, -0.15) is 5.10 Å². The van der Waals surface area contributed by atoms with Crippen molar-refractivity contribution in [3.05, 3.63) is 36.0 Å². The maximum atomic E-state index is 12.6.